The lowest BCUT2D eigenvalue weighted by Gasteiger charge is -2.12. The number of aliphatic hydroxyl groups is 1. The standard InChI is InChI=1S/C21H26N2O5/c1-13(11-24)12-27-15-8-9-16-17(10-15)28-20(18(16)23-21(22)26)19(25)14-6-4-2-3-5-7-14/h8-10,14,24H,1-7,11-12H2,(H3,22,23,26). The quantitative estimate of drug-likeness (QED) is 0.378. The van der Waals surface area contributed by atoms with Gasteiger partial charge < -0.3 is 25.3 Å². The van der Waals surface area contributed by atoms with Crippen LogP contribution in [0.3, 0.4) is 0 Å². The van der Waals surface area contributed by atoms with Crippen LogP contribution >= 0.6 is 0 Å². The van der Waals surface area contributed by atoms with Gasteiger partial charge >= 0.3 is 6.03 Å². The average Bonchev–Trinajstić information content (AvgIpc) is 2.86. The molecule has 0 atom stereocenters. The first kappa shape index (κ1) is 19.9. The van der Waals surface area contributed by atoms with Crippen molar-refractivity contribution in [2.75, 3.05) is 18.5 Å². The lowest BCUT2D eigenvalue weighted by atomic mass is 9.93. The van der Waals surface area contributed by atoms with E-state index in [4.69, 9.17) is 20.0 Å². The molecule has 1 aromatic heterocycles. The number of Topliss-reactive ketones (excluding diaryl/α,β-unsaturated/α-hetero) is 1. The molecule has 7 nitrogen and oxygen atoms in total. The highest BCUT2D eigenvalue weighted by Crippen LogP contribution is 2.36. The minimum Gasteiger partial charge on any atom is -0.489 e. The van der Waals surface area contributed by atoms with Crippen molar-refractivity contribution < 1.29 is 23.8 Å². The minimum atomic E-state index is -0.753. The van der Waals surface area contributed by atoms with Gasteiger partial charge in [0.15, 0.2) is 5.76 Å². The summed E-state index contributed by atoms with van der Waals surface area (Å²) in [6, 6.07) is 4.31. The number of benzene rings is 1. The molecule has 150 valence electrons. The maximum atomic E-state index is 13.1. The molecule has 1 aliphatic rings. The van der Waals surface area contributed by atoms with Crippen molar-refractivity contribution in [3.8, 4) is 5.75 Å². The molecule has 2 amide bonds. The molecule has 0 radical (unpaired) electrons. The van der Waals surface area contributed by atoms with E-state index in [9.17, 15) is 9.59 Å². The van der Waals surface area contributed by atoms with E-state index in [1.807, 2.05) is 0 Å². The topological polar surface area (TPSA) is 115 Å². The van der Waals surface area contributed by atoms with Gasteiger partial charge in [-0.2, -0.15) is 0 Å². The summed E-state index contributed by atoms with van der Waals surface area (Å²) in [5.41, 5.74) is 6.59. The number of carbonyl (C=O) groups is 2. The molecule has 1 heterocycles. The van der Waals surface area contributed by atoms with Crippen LogP contribution in [0, 0.1) is 5.92 Å². The smallest absolute Gasteiger partial charge is 0.316 e. The predicted octanol–water partition coefficient (Wildman–Crippen LogP) is 4.00. The molecule has 7 heteroatoms. The van der Waals surface area contributed by atoms with Gasteiger partial charge in [0.05, 0.1) is 6.61 Å². The van der Waals surface area contributed by atoms with Crippen molar-refractivity contribution in [3.05, 3.63) is 36.1 Å². The zero-order valence-corrected chi connectivity index (χ0v) is 15.8. The van der Waals surface area contributed by atoms with Crippen molar-refractivity contribution in [2.45, 2.75) is 38.5 Å². The monoisotopic (exact) mass is 386 g/mol. The molecule has 1 aliphatic carbocycles. The number of nitrogens with one attached hydrogen (secondary N) is 1. The predicted molar refractivity (Wildman–Crippen MR) is 107 cm³/mol. The van der Waals surface area contributed by atoms with E-state index in [0.29, 0.717) is 28.0 Å². The first-order chi connectivity index (χ1) is 13.5. The molecule has 0 bridgehead atoms. The largest absolute Gasteiger partial charge is 0.489 e. The van der Waals surface area contributed by atoms with Crippen LogP contribution in [0.5, 0.6) is 5.75 Å². The van der Waals surface area contributed by atoms with Crippen molar-refractivity contribution in [1.29, 1.82) is 0 Å². The first-order valence-corrected chi connectivity index (χ1v) is 9.57. The zero-order valence-electron chi connectivity index (χ0n) is 15.8. The maximum absolute atomic E-state index is 13.1. The molecular weight excluding hydrogens is 360 g/mol. The van der Waals surface area contributed by atoms with Gasteiger partial charge in [0.25, 0.3) is 0 Å². The third kappa shape index (κ3) is 4.54. The molecule has 4 N–H and O–H groups in total. The van der Waals surface area contributed by atoms with Gasteiger partial charge in [-0.25, -0.2) is 4.79 Å². The highest BCUT2D eigenvalue weighted by atomic mass is 16.5. The van der Waals surface area contributed by atoms with Crippen LogP contribution in [0.4, 0.5) is 10.5 Å². The van der Waals surface area contributed by atoms with Crippen LogP contribution in [0.15, 0.2) is 34.8 Å². The molecule has 2 aromatic rings. The van der Waals surface area contributed by atoms with Gasteiger partial charge in [-0.05, 0) is 30.5 Å². The molecule has 0 spiro atoms. The average molecular weight is 386 g/mol. The summed E-state index contributed by atoms with van der Waals surface area (Å²) in [4.78, 5) is 24.6. The number of rotatable bonds is 7. The Balaban J connectivity index is 1.94. The number of primary amides is 1. The van der Waals surface area contributed by atoms with Crippen molar-refractivity contribution in [1.82, 2.24) is 0 Å². The van der Waals surface area contributed by atoms with E-state index in [1.54, 1.807) is 18.2 Å². The number of nitrogens with two attached hydrogens (primary N) is 1. The number of aliphatic hydroxyl groups excluding tert-OH is 1. The summed E-state index contributed by atoms with van der Waals surface area (Å²) in [6.45, 7) is 3.69. The lowest BCUT2D eigenvalue weighted by Crippen LogP contribution is -2.22. The number of amides is 2. The second-order valence-corrected chi connectivity index (χ2v) is 7.20. The number of ether oxygens (including phenoxy) is 1. The Labute approximate surface area is 163 Å². The maximum Gasteiger partial charge on any atom is 0.316 e. The Hall–Kier alpha value is -2.80. The second-order valence-electron chi connectivity index (χ2n) is 7.20. The van der Waals surface area contributed by atoms with Crippen LogP contribution in [-0.4, -0.2) is 30.1 Å². The molecule has 3 rings (SSSR count). The van der Waals surface area contributed by atoms with Crippen LogP contribution in [0.2, 0.25) is 0 Å². The number of ketones is 1. The Morgan fingerprint density at radius 2 is 1.96 bits per heavy atom. The Morgan fingerprint density at radius 3 is 2.61 bits per heavy atom. The Morgan fingerprint density at radius 1 is 1.25 bits per heavy atom. The minimum absolute atomic E-state index is 0.0991. The highest BCUT2D eigenvalue weighted by Gasteiger charge is 2.28. The van der Waals surface area contributed by atoms with Crippen molar-refractivity contribution >= 4 is 28.5 Å². The van der Waals surface area contributed by atoms with Gasteiger partial charge in [-0.15, -0.1) is 0 Å². The fourth-order valence-corrected chi connectivity index (χ4v) is 3.55. The first-order valence-electron chi connectivity index (χ1n) is 9.57. The lowest BCUT2D eigenvalue weighted by molar-refractivity contribution is 0.0882. The SMILES string of the molecule is C=C(CO)COc1ccc2c(NC(N)=O)c(C(=O)C3CCCCCC3)oc2c1. The molecule has 0 saturated heterocycles. The number of fused-ring (bicyclic) bond motifs is 1. The highest BCUT2D eigenvalue weighted by molar-refractivity contribution is 6.11. The van der Waals surface area contributed by atoms with Crippen LogP contribution in [-0.2, 0) is 0 Å². The van der Waals surface area contributed by atoms with Gasteiger partial charge in [-0.1, -0.05) is 32.3 Å². The van der Waals surface area contributed by atoms with E-state index < -0.39 is 6.03 Å². The summed E-state index contributed by atoms with van der Waals surface area (Å²) < 4.78 is 11.4. The summed E-state index contributed by atoms with van der Waals surface area (Å²) in [7, 11) is 0. The fraction of sp³-hybridized carbons (Fsp3) is 0.429. The molecule has 0 aliphatic heterocycles. The molecule has 1 fully saturated rings. The number of hydrogen-bond donors (Lipinski definition) is 3. The van der Waals surface area contributed by atoms with Crippen LogP contribution < -0.4 is 15.8 Å². The summed E-state index contributed by atoms with van der Waals surface area (Å²) in [6.07, 6.45) is 5.95. The van der Waals surface area contributed by atoms with E-state index in [0.717, 1.165) is 38.5 Å². The van der Waals surface area contributed by atoms with Gasteiger partial charge in [-0.3, -0.25) is 4.79 Å². The molecule has 0 unspecified atom stereocenters. The second kappa shape index (κ2) is 8.93. The fourth-order valence-electron chi connectivity index (χ4n) is 3.55. The van der Waals surface area contributed by atoms with Gasteiger partial charge in [0.1, 0.15) is 23.6 Å². The summed E-state index contributed by atoms with van der Waals surface area (Å²) in [5, 5.41) is 12.2. The third-order valence-electron chi connectivity index (χ3n) is 5.03. The molecule has 1 saturated carbocycles. The Kier molecular flexibility index (Phi) is 6.36. The van der Waals surface area contributed by atoms with E-state index >= 15 is 0 Å². The normalized spacial score (nSPS) is 15.2. The number of carbonyl (C=O) groups excluding carboxylic acids is 2. The molecular formula is C21H26N2O5. The number of urea groups is 1. The third-order valence-corrected chi connectivity index (χ3v) is 5.03. The summed E-state index contributed by atoms with van der Waals surface area (Å²) >= 11 is 0. The van der Waals surface area contributed by atoms with E-state index in [1.165, 1.54) is 0 Å². The number of anilines is 1. The van der Waals surface area contributed by atoms with Crippen LogP contribution in [0.1, 0.15) is 49.1 Å². The van der Waals surface area contributed by atoms with Gasteiger partial charge in [0.2, 0.25) is 5.78 Å². The van der Waals surface area contributed by atoms with Crippen LogP contribution in [0.25, 0.3) is 11.0 Å². The number of furan rings is 1. The summed E-state index contributed by atoms with van der Waals surface area (Å²) in [5.74, 6) is 0.436. The van der Waals surface area contributed by atoms with E-state index in [2.05, 4.69) is 11.9 Å². The zero-order chi connectivity index (χ0) is 20.1. The van der Waals surface area contributed by atoms with Crippen molar-refractivity contribution in [2.24, 2.45) is 11.7 Å². The van der Waals surface area contributed by atoms with Crippen molar-refractivity contribution in [3.63, 3.8) is 0 Å². The Bertz CT molecular complexity index is 878. The van der Waals surface area contributed by atoms with Gasteiger partial charge in [0, 0.05) is 17.4 Å². The number of hydrogen-bond acceptors (Lipinski definition) is 5. The molecule has 28 heavy (non-hydrogen) atoms. The molecule has 1 aromatic carbocycles. The van der Waals surface area contributed by atoms with E-state index in [-0.39, 0.29) is 30.7 Å².